The van der Waals surface area contributed by atoms with E-state index in [9.17, 15) is 0 Å². The molecule has 0 bridgehead atoms. The van der Waals surface area contributed by atoms with Gasteiger partial charge in [0.2, 0.25) is 0 Å². The third kappa shape index (κ3) is 4.21. The van der Waals surface area contributed by atoms with Crippen molar-refractivity contribution < 1.29 is 9.47 Å². The summed E-state index contributed by atoms with van der Waals surface area (Å²) in [5, 5.41) is 0. The van der Waals surface area contributed by atoms with Crippen molar-refractivity contribution in [1.29, 1.82) is 0 Å². The molecule has 112 valence electrons. The highest BCUT2D eigenvalue weighted by molar-refractivity contribution is 5.35. The predicted molar refractivity (Wildman–Crippen MR) is 84.3 cm³/mol. The third-order valence-corrected chi connectivity index (χ3v) is 3.38. The lowest BCUT2D eigenvalue weighted by atomic mass is 10.0. The molecule has 0 heterocycles. The van der Waals surface area contributed by atoms with Crippen LogP contribution in [0.1, 0.15) is 23.6 Å². The molecule has 3 N–H and O–H groups in total. The van der Waals surface area contributed by atoms with Crippen LogP contribution >= 0.6 is 0 Å². The molecule has 4 heteroatoms. The van der Waals surface area contributed by atoms with Gasteiger partial charge in [-0.3, -0.25) is 11.3 Å². The van der Waals surface area contributed by atoms with Gasteiger partial charge in [-0.2, -0.15) is 0 Å². The highest BCUT2D eigenvalue weighted by atomic mass is 16.5. The monoisotopic (exact) mass is 286 g/mol. The molecule has 0 saturated heterocycles. The molecule has 0 aliphatic heterocycles. The van der Waals surface area contributed by atoms with Crippen LogP contribution in [-0.2, 0) is 0 Å². The second-order valence-corrected chi connectivity index (χ2v) is 4.91. The maximum absolute atomic E-state index is 5.78. The number of methoxy groups -OCH3 is 1. The van der Waals surface area contributed by atoms with Gasteiger partial charge in [0.05, 0.1) is 19.8 Å². The maximum atomic E-state index is 5.78. The van der Waals surface area contributed by atoms with Crippen molar-refractivity contribution in [3.8, 4) is 11.5 Å². The Hall–Kier alpha value is -2.04. The number of hydrogen-bond donors (Lipinski definition) is 2. The Labute approximate surface area is 125 Å². The van der Waals surface area contributed by atoms with Gasteiger partial charge < -0.3 is 9.47 Å². The fourth-order valence-electron chi connectivity index (χ4n) is 2.28. The lowest BCUT2D eigenvalue weighted by Crippen LogP contribution is -2.29. The van der Waals surface area contributed by atoms with Gasteiger partial charge in [0.25, 0.3) is 0 Å². The number of benzene rings is 2. The second kappa shape index (κ2) is 7.67. The molecule has 21 heavy (non-hydrogen) atoms. The molecule has 0 saturated carbocycles. The molecule has 0 aromatic heterocycles. The second-order valence-electron chi connectivity index (χ2n) is 4.91. The maximum Gasteiger partial charge on any atom is 0.123 e. The molecule has 0 fully saturated rings. The topological polar surface area (TPSA) is 56.5 Å². The molecule has 2 aromatic rings. The number of nitrogens with two attached hydrogens (primary N) is 1. The van der Waals surface area contributed by atoms with Crippen molar-refractivity contribution in [3.63, 3.8) is 0 Å². The number of ether oxygens (including phenoxy) is 2. The first-order chi connectivity index (χ1) is 10.2. The van der Waals surface area contributed by atoms with E-state index < -0.39 is 0 Å². The summed E-state index contributed by atoms with van der Waals surface area (Å²) in [6, 6.07) is 15.9. The summed E-state index contributed by atoms with van der Waals surface area (Å²) < 4.78 is 11.1. The van der Waals surface area contributed by atoms with Crippen LogP contribution in [0.2, 0.25) is 0 Å². The molecular weight excluding hydrogens is 264 g/mol. The minimum Gasteiger partial charge on any atom is -0.496 e. The highest BCUT2D eigenvalue weighted by Gasteiger charge is 2.14. The number of hydrazine groups is 1. The number of para-hydroxylation sites is 1. The number of aryl methyl sites for hydroxylation is 1. The standard InChI is InChI=1S/C17H22N2O2/c1-13-6-5-7-14(12-13)21-11-10-16(19-18)15-8-3-4-9-17(15)20-2/h3-9,12,16,19H,10-11,18H2,1-2H3. The van der Waals surface area contributed by atoms with E-state index in [1.165, 1.54) is 5.56 Å². The van der Waals surface area contributed by atoms with Crippen LogP contribution in [0.25, 0.3) is 0 Å². The van der Waals surface area contributed by atoms with E-state index in [-0.39, 0.29) is 6.04 Å². The molecule has 1 unspecified atom stereocenters. The first-order valence-electron chi connectivity index (χ1n) is 7.03. The summed E-state index contributed by atoms with van der Waals surface area (Å²) in [4.78, 5) is 0. The molecule has 2 aromatic carbocycles. The van der Waals surface area contributed by atoms with Crippen molar-refractivity contribution in [3.05, 3.63) is 59.7 Å². The summed E-state index contributed by atoms with van der Waals surface area (Å²) in [5.74, 6) is 7.38. The Morgan fingerprint density at radius 3 is 2.67 bits per heavy atom. The van der Waals surface area contributed by atoms with Gasteiger partial charge in [0.1, 0.15) is 11.5 Å². The van der Waals surface area contributed by atoms with Crippen molar-refractivity contribution >= 4 is 0 Å². The first kappa shape index (κ1) is 15.4. The van der Waals surface area contributed by atoms with E-state index in [0.717, 1.165) is 23.5 Å². The number of hydrogen-bond acceptors (Lipinski definition) is 4. The average molecular weight is 286 g/mol. The zero-order valence-corrected chi connectivity index (χ0v) is 12.5. The molecule has 4 nitrogen and oxygen atoms in total. The molecule has 0 spiro atoms. The van der Waals surface area contributed by atoms with E-state index in [4.69, 9.17) is 15.3 Å². The van der Waals surface area contributed by atoms with Crippen LogP contribution in [0.4, 0.5) is 0 Å². The van der Waals surface area contributed by atoms with Gasteiger partial charge in [-0.05, 0) is 30.7 Å². The summed E-state index contributed by atoms with van der Waals surface area (Å²) in [5.41, 5.74) is 5.05. The summed E-state index contributed by atoms with van der Waals surface area (Å²) in [7, 11) is 1.66. The summed E-state index contributed by atoms with van der Waals surface area (Å²) in [6.07, 6.45) is 0.755. The van der Waals surface area contributed by atoms with Crippen molar-refractivity contribution in [2.45, 2.75) is 19.4 Å². The van der Waals surface area contributed by atoms with E-state index in [1.54, 1.807) is 7.11 Å². The predicted octanol–water partition coefficient (Wildman–Crippen LogP) is 2.98. The van der Waals surface area contributed by atoms with Crippen molar-refractivity contribution in [2.75, 3.05) is 13.7 Å². The van der Waals surface area contributed by atoms with E-state index in [1.807, 2.05) is 55.5 Å². The van der Waals surface area contributed by atoms with Gasteiger partial charge in [0.15, 0.2) is 0 Å². The first-order valence-corrected chi connectivity index (χ1v) is 7.03. The molecule has 0 aliphatic rings. The molecule has 0 radical (unpaired) electrons. The van der Waals surface area contributed by atoms with E-state index in [2.05, 4.69) is 5.43 Å². The van der Waals surface area contributed by atoms with Gasteiger partial charge >= 0.3 is 0 Å². The van der Waals surface area contributed by atoms with Crippen LogP contribution in [0.15, 0.2) is 48.5 Å². The Morgan fingerprint density at radius 2 is 1.95 bits per heavy atom. The van der Waals surface area contributed by atoms with Crippen LogP contribution in [0.5, 0.6) is 11.5 Å². The SMILES string of the molecule is COc1ccccc1C(CCOc1cccc(C)c1)NN. The minimum atomic E-state index is -0.00837. The number of rotatable bonds is 7. The normalized spacial score (nSPS) is 12.0. The third-order valence-electron chi connectivity index (χ3n) is 3.38. The fraction of sp³-hybridized carbons (Fsp3) is 0.294. The van der Waals surface area contributed by atoms with Crippen LogP contribution in [0.3, 0.4) is 0 Å². The lowest BCUT2D eigenvalue weighted by molar-refractivity contribution is 0.284. The smallest absolute Gasteiger partial charge is 0.123 e. The van der Waals surface area contributed by atoms with Gasteiger partial charge in [-0.1, -0.05) is 30.3 Å². The molecule has 1 atom stereocenters. The largest absolute Gasteiger partial charge is 0.496 e. The Morgan fingerprint density at radius 1 is 1.14 bits per heavy atom. The minimum absolute atomic E-state index is 0.00837. The van der Waals surface area contributed by atoms with Crippen LogP contribution in [-0.4, -0.2) is 13.7 Å². The summed E-state index contributed by atoms with van der Waals surface area (Å²) >= 11 is 0. The van der Waals surface area contributed by atoms with Crippen LogP contribution < -0.4 is 20.7 Å². The zero-order valence-electron chi connectivity index (χ0n) is 12.5. The Kier molecular flexibility index (Phi) is 5.60. The van der Waals surface area contributed by atoms with Gasteiger partial charge in [-0.15, -0.1) is 0 Å². The van der Waals surface area contributed by atoms with Crippen molar-refractivity contribution in [1.82, 2.24) is 5.43 Å². The average Bonchev–Trinajstić information content (AvgIpc) is 2.52. The summed E-state index contributed by atoms with van der Waals surface area (Å²) in [6.45, 7) is 2.63. The molecular formula is C17H22N2O2. The number of nitrogens with one attached hydrogen (secondary N) is 1. The van der Waals surface area contributed by atoms with Crippen LogP contribution in [0, 0.1) is 6.92 Å². The zero-order chi connectivity index (χ0) is 15.1. The fourth-order valence-corrected chi connectivity index (χ4v) is 2.28. The quantitative estimate of drug-likeness (QED) is 0.607. The van der Waals surface area contributed by atoms with E-state index in [0.29, 0.717) is 6.61 Å². The van der Waals surface area contributed by atoms with Crippen molar-refractivity contribution in [2.24, 2.45) is 5.84 Å². The van der Waals surface area contributed by atoms with Gasteiger partial charge in [0, 0.05) is 12.0 Å². The lowest BCUT2D eigenvalue weighted by Gasteiger charge is -2.19. The van der Waals surface area contributed by atoms with E-state index >= 15 is 0 Å². The molecule has 0 amide bonds. The highest BCUT2D eigenvalue weighted by Crippen LogP contribution is 2.26. The Balaban J connectivity index is 1.96. The molecule has 2 rings (SSSR count). The van der Waals surface area contributed by atoms with Gasteiger partial charge in [-0.25, -0.2) is 0 Å². The molecule has 0 aliphatic carbocycles. The Bertz CT molecular complexity index is 572.